The van der Waals surface area contributed by atoms with Gasteiger partial charge in [0.25, 0.3) is 5.91 Å². The zero-order valence-corrected chi connectivity index (χ0v) is 10.9. The van der Waals surface area contributed by atoms with Gasteiger partial charge in [-0.05, 0) is 37.0 Å². The zero-order chi connectivity index (χ0) is 13.5. The van der Waals surface area contributed by atoms with Crippen molar-refractivity contribution in [3.63, 3.8) is 0 Å². The highest BCUT2D eigenvalue weighted by atomic mass is 19.1. The largest absolute Gasteiger partial charge is 0.396 e. The summed E-state index contributed by atoms with van der Waals surface area (Å²) in [5.41, 5.74) is 0.857. The average Bonchev–Trinajstić information content (AvgIpc) is 2.34. The molecule has 2 N–H and O–H groups in total. The van der Waals surface area contributed by atoms with E-state index in [9.17, 15) is 9.18 Å². The van der Waals surface area contributed by atoms with Crippen LogP contribution in [0.25, 0.3) is 0 Å². The van der Waals surface area contributed by atoms with Crippen LogP contribution >= 0.6 is 0 Å². The van der Waals surface area contributed by atoms with Crippen molar-refractivity contribution in [2.24, 2.45) is 5.92 Å². The molecule has 4 heteroatoms. The van der Waals surface area contributed by atoms with Gasteiger partial charge in [-0.3, -0.25) is 4.79 Å². The molecule has 1 atom stereocenters. The van der Waals surface area contributed by atoms with Crippen molar-refractivity contribution in [3.8, 4) is 0 Å². The number of aryl methyl sites for hydroxylation is 1. The molecule has 1 aromatic rings. The molecule has 0 aliphatic carbocycles. The highest BCUT2D eigenvalue weighted by Crippen LogP contribution is 2.11. The molecule has 18 heavy (non-hydrogen) atoms. The third-order valence-corrected chi connectivity index (χ3v) is 3.04. The van der Waals surface area contributed by atoms with Crippen LogP contribution in [0.5, 0.6) is 0 Å². The number of hydrogen-bond acceptors (Lipinski definition) is 2. The first-order valence-corrected chi connectivity index (χ1v) is 6.23. The van der Waals surface area contributed by atoms with Gasteiger partial charge < -0.3 is 10.4 Å². The Hall–Kier alpha value is -1.42. The van der Waals surface area contributed by atoms with Crippen molar-refractivity contribution in [2.45, 2.75) is 26.7 Å². The Kier molecular flexibility index (Phi) is 5.78. The molecule has 0 aromatic heterocycles. The summed E-state index contributed by atoms with van der Waals surface area (Å²) in [6.45, 7) is 4.34. The summed E-state index contributed by atoms with van der Waals surface area (Å²) in [6.07, 6.45) is 1.52. The summed E-state index contributed by atoms with van der Waals surface area (Å²) < 4.78 is 13.6. The molecule has 0 radical (unpaired) electrons. The highest BCUT2D eigenvalue weighted by molar-refractivity contribution is 5.94. The first-order valence-electron chi connectivity index (χ1n) is 6.23. The summed E-state index contributed by atoms with van der Waals surface area (Å²) in [7, 11) is 0. The molecule has 0 saturated heterocycles. The minimum Gasteiger partial charge on any atom is -0.396 e. The summed E-state index contributed by atoms with van der Waals surface area (Å²) in [5.74, 6) is -0.668. The van der Waals surface area contributed by atoms with E-state index in [1.165, 1.54) is 12.1 Å². The number of carbonyl (C=O) groups excluding carboxylic acids is 1. The predicted octanol–water partition coefficient (Wildman–Crippen LogP) is 2.27. The van der Waals surface area contributed by atoms with E-state index in [2.05, 4.69) is 5.32 Å². The van der Waals surface area contributed by atoms with Crippen molar-refractivity contribution in [1.29, 1.82) is 0 Å². The van der Waals surface area contributed by atoms with E-state index in [0.717, 1.165) is 12.0 Å². The average molecular weight is 253 g/mol. The Morgan fingerprint density at radius 1 is 1.50 bits per heavy atom. The van der Waals surface area contributed by atoms with E-state index in [4.69, 9.17) is 5.11 Å². The fourth-order valence-electron chi connectivity index (χ4n) is 1.77. The van der Waals surface area contributed by atoms with Crippen LogP contribution in [0.1, 0.15) is 35.7 Å². The van der Waals surface area contributed by atoms with Crippen molar-refractivity contribution in [2.75, 3.05) is 13.2 Å². The van der Waals surface area contributed by atoms with E-state index < -0.39 is 11.7 Å². The Morgan fingerprint density at radius 2 is 2.22 bits per heavy atom. The molecule has 0 aliphatic heterocycles. The van der Waals surface area contributed by atoms with E-state index in [-0.39, 0.29) is 18.1 Å². The molecule has 0 bridgehead atoms. The highest BCUT2D eigenvalue weighted by Gasteiger charge is 2.13. The number of aliphatic hydroxyl groups excluding tert-OH is 1. The number of amides is 1. The maximum Gasteiger partial charge on any atom is 0.254 e. The van der Waals surface area contributed by atoms with Gasteiger partial charge in [-0.25, -0.2) is 4.39 Å². The SMILES string of the molecule is CCC(CCO)CNC(=O)c1ccc(C)cc1F. The number of nitrogens with one attached hydrogen (secondary N) is 1. The van der Waals surface area contributed by atoms with Gasteiger partial charge in [0, 0.05) is 13.2 Å². The number of hydrogen-bond donors (Lipinski definition) is 2. The number of aliphatic hydroxyl groups is 1. The van der Waals surface area contributed by atoms with Crippen LogP contribution < -0.4 is 5.32 Å². The molecule has 3 nitrogen and oxygen atoms in total. The van der Waals surface area contributed by atoms with Gasteiger partial charge >= 0.3 is 0 Å². The first-order chi connectivity index (χ1) is 8.58. The quantitative estimate of drug-likeness (QED) is 0.817. The third-order valence-electron chi connectivity index (χ3n) is 3.04. The maximum atomic E-state index is 13.6. The summed E-state index contributed by atoms with van der Waals surface area (Å²) in [6, 6.07) is 4.55. The maximum absolute atomic E-state index is 13.6. The monoisotopic (exact) mass is 253 g/mol. The Balaban J connectivity index is 2.59. The standard InChI is InChI=1S/C14H20FNO2/c1-3-11(6-7-17)9-16-14(18)12-5-4-10(2)8-13(12)15/h4-5,8,11,17H,3,6-7,9H2,1-2H3,(H,16,18). The Morgan fingerprint density at radius 3 is 2.78 bits per heavy atom. The molecule has 1 aromatic carbocycles. The third kappa shape index (κ3) is 4.11. The van der Waals surface area contributed by atoms with Crippen LogP contribution in [-0.4, -0.2) is 24.2 Å². The van der Waals surface area contributed by atoms with Crippen LogP contribution in [0.2, 0.25) is 0 Å². The molecular formula is C14H20FNO2. The lowest BCUT2D eigenvalue weighted by Gasteiger charge is -2.14. The smallest absolute Gasteiger partial charge is 0.254 e. The number of carbonyl (C=O) groups is 1. The second-order valence-electron chi connectivity index (χ2n) is 4.48. The summed E-state index contributed by atoms with van der Waals surface area (Å²) in [4.78, 5) is 11.8. The number of halogens is 1. The number of benzene rings is 1. The van der Waals surface area contributed by atoms with Gasteiger partial charge in [0.15, 0.2) is 0 Å². The summed E-state index contributed by atoms with van der Waals surface area (Å²) in [5, 5.41) is 11.6. The van der Waals surface area contributed by atoms with Crippen molar-refractivity contribution < 1.29 is 14.3 Å². The van der Waals surface area contributed by atoms with E-state index >= 15 is 0 Å². The normalized spacial score (nSPS) is 12.2. The Bertz CT molecular complexity index is 407. The Labute approximate surface area is 107 Å². The lowest BCUT2D eigenvalue weighted by molar-refractivity contribution is 0.0939. The topological polar surface area (TPSA) is 49.3 Å². The van der Waals surface area contributed by atoms with Gasteiger partial charge in [-0.15, -0.1) is 0 Å². The van der Waals surface area contributed by atoms with Gasteiger partial charge in [0.1, 0.15) is 5.82 Å². The molecule has 0 heterocycles. The number of rotatable bonds is 6. The molecule has 0 aliphatic rings. The molecule has 1 amide bonds. The van der Waals surface area contributed by atoms with Crippen LogP contribution in [0.4, 0.5) is 4.39 Å². The van der Waals surface area contributed by atoms with Gasteiger partial charge in [0.2, 0.25) is 0 Å². The van der Waals surface area contributed by atoms with Crippen molar-refractivity contribution >= 4 is 5.91 Å². The van der Waals surface area contributed by atoms with Crippen LogP contribution in [0.3, 0.4) is 0 Å². The molecule has 1 unspecified atom stereocenters. The van der Waals surface area contributed by atoms with Crippen molar-refractivity contribution in [1.82, 2.24) is 5.32 Å². The lowest BCUT2D eigenvalue weighted by Crippen LogP contribution is -2.30. The molecule has 0 saturated carbocycles. The first kappa shape index (κ1) is 14.6. The van der Waals surface area contributed by atoms with E-state index in [1.54, 1.807) is 13.0 Å². The van der Waals surface area contributed by atoms with E-state index in [1.807, 2.05) is 6.92 Å². The molecule has 0 fully saturated rings. The van der Waals surface area contributed by atoms with Crippen molar-refractivity contribution in [3.05, 3.63) is 35.1 Å². The minimum absolute atomic E-state index is 0.0689. The second kappa shape index (κ2) is 7.11. The van der Waals surface area contributed by atoms with Crippen LogP contribution in [0.15, 0.2) is 18.2 Å². The molecular weight excluding hydrogens is 233 g/mol. The second-order valence-corrected chi connectivity index (χ2v) is 4.48. The lowest BCUT2D eigenvalue weighted by atomic mass is 10.0. The van der Waals surface area contributed by atoms with Gasteiger partial charge in [0.05, 0.1) is 5.56 Å². The molecule has 1 rings (SSSR count). The van der Waals surface area contributed by atoms with Gasteiger partial charge in [-0.2, -0.15) is 0 Å². The fourth-order valence-corrected chi connectivity index (χ4v) is 1.77. The summed E-state index contributed by atoms with van der Waals surface area (Å²) >= 11 is 0. The van der Waals surface area contributed by atoms with Crippen LogP contribution in [-0.2, 0) is 0 Å². The van der Waals surface area contributed by atoms with Gasteiger partial charge in [-0.1, -0.05) is 19.4 Å². The van der Waals surface area contributed by atoms with Crippen LogP contribution in [0, 0.1) is 18.7 Å². The fraction of sp³-hybridized carbons (Fsp3) is 0.500. The molecule has 0 spiro atoms. The van der Waals surface area contributed by atoms with E-state index in [0.29, 0.717) is 13.0 Å². The minimum atomic E-state index is -0.497. The predicted molar refractivity (Wildman–Crippen MR) is 69.0 cm³/mol. The molecule has 100 valence electrons. The zero-order valence-electron chi connectivity index (χ0n) is 10.9.